The maximum atomic E-state index is 2.56. The molecular weight excluding hydrogens is 206 g/mol. The standard InChI is InChI=1S/C16H27N/c1-15(2,3)13-17(16(4,5)6)12-14-10-8-7-9-11-14/h7-11H,12-13H2,1-6H3. The van der Waals surface area contributed by atoms with E-state index in [1.54, 1.807) is 0 Å². The van der Waals surface area contributed by atoms with Gasteiger partial charge in [0.25, 0.3) is 0 Å². The molecule has 0 N–H and O–H groups in total. The number of rotatable bonds is 3. The summed E-state index contributed by atoms with van der Waals surface area (Å²) in [4.78, 5) is 2.56. The van der Waals surface area contributed by atoms with E-state index in [1.807, 2.05) is 0 Å². The Bertz CT molecular complexity index is 327. The van der Waals surface area contributed by atoms with Gasteiger partial charge in [-0.25, -0.2) is 0 Å². The van der Waals surface area contributed by atoms with E-state index in [0.29, 0.717) is 5.41 Å². The zero-order chi connectivity index (χ0) is 13.1. The first-order chi connectivity index (χ1) is 7.68. The lowest BCUT2D eigenvalue weighted by Crippen LogP contribution is -2.45. The summed E-state index contributed by atoms with van der Waals surface area (Å²) in [6.45, 7) is 15.9. The molecule has 1 aromatic carbocycles. The number of hydrogen-bond donors (Lipinski definition) is 0. The number of benzene rings is 1. The Morgan fingerprint density at radius 2 is 1.41 bits per heavy atom. The van der Waals surface area contributed by atoms with Crippen LogP contribution in [-0.2, 0) is 6.54 Å². The van der Waals surface area contributed by atoms with E-state index < -0.39 is 0 Å². The van der Waals surface area contributed by atoms with E-state index in [1.165, 1.54) is 5.56 Å². The topological polar surface area (TPSA) is 3.24 Å². The molecule has 96 valence electrons. The molecule has 0 unspecified atom stereocenters. The molecule has 0 aliphatic heterocycles. The van der Waals surface area contributed by atoms with Gasteiger partial charge in [-0.2, -0.15) is 0 Å². The van der Waals surface area contributed by atoms with Crippen LogP contribution < -0.4 is 0 Å². The van der Waals surface area contributed by atoms with Crippen molar-refractivity contribution in [1.82, 2.24) is 4.90 Å². The normalized spacial score (nSPS) is 13.1. The first-order valence-corrected chi connectivity index (χ1v) is 6.47. The molecule has 17 heavy (non-hydrogen) atoms. The largest absolute Gasteiger partial charge is 0.294 e. The van der Waals surface area contributed by atoms with Crippen molar-refractivity contribution < 1.29 is 0 Å². The molecule has 0 heterocycles. The lowest BCUT2D eigenvalue weighted by molar-refractivity contribution is 0.0834. The molecule has 0 fully saturated rings. The second-order valence-electron chi connectivity index (χ2n) is 7.07. The zero-order valence-electron chi connectivity index (χ0n) is 12.2. The highest BCUT2D eigenvalue weighted by atomic mass is 15.2. The third-order valence-electron chi connectivity index (χ3n) is 2.83. The summed E-state index contributed by atoms with van der Waals surface area (Å²) in [5.41, 5.74) is 1.94. The molecule has 0 spiro atoms. The SMILES string of the molecule is CC(C)(C)CN(Cc1ccccc1)C(C)(C)C. The average molecular weight is 233 g/mol. The summed E-state index contributed by atoms with van der Waals surface area (Å²) in [6, 6.07) is 10.7. The molecule has 0 amide bonds. The van der Waals surface area contributed by atoms with Crippen LogP contribution in [0.1, 0.15) is 47.1 Å². The van der Waals surface area contributed by atoms with Crippen molar-refractivity contribution in [2.24, 2.45) is 5.41 Å². The predicted octanol–water partition coefficient (Wildman–Crippen LogP) is 4.33. The Balaban J connectivity index is 2.79. The van der Waals surface area contributed by atoms with Crippen LogP contribution in [-0.4, -0.2) is 17.0 Å². The van der Waals surface area contributed by atoms with Crippen LogP contribution in [0.25, 0.3) is 0 Å². The minimum absolute atomic E-state index is 0.211. The lowest BCUT2D eigenvalue weighted by atomic mass is 9.92. The molecule has 0 aliphatic rings. The average Bonchev–Trinajstić information content (AvgIpc) is 2.15. The Hall–Kier alpha value is -0.820. The van der Waals surface area contributed by atoms with Gasteiger partial charge in [-0.3, -0.25) is 4.90 Å². The second kappa shape index (κ2) is 5.22. The smallest absolute Gasteiger partial charge is 0.0239 e. The van der Waals surface area contributed by atoms with Crippen molar-refractivity contribution in [3.05, 3.63) is 35.9 Å². The minimum atomic E-state index is 0.211. The van der Waals surface area contributed by atoms with Crippen molar-refractivity contribution in [2.75, 3.05) is 6.54 Å². The van der Waals surface area contributed by atoms with Gasteiger partial charge in [0.1, 0.15) is 0 Å². The van der Waals surface area contributed by atoms with Crippen LogP contribution >= 0.6 is 0 Å². The van der Waals surface area contributed by atoms with Crippen LogP contribution in [0.4, 0.5) is 0 Å². The molecule has 0 saturated carbocycles. The van der Waals surface area contributed by atoms with E-state index >= 15 is 0 Å². The first-order valence-electron chi connectivity index (χ1n) is 6.47. The summed E-state index contributed by atoms with van der Waals surface area (Å²) >= 11 is 0. The molecule has 0 aromatic heterocycles. The molecule has 1 aromatic rings. The van der Waals surface area contributed by atoms with E-state index in [9.17, 15) is 0 Å². The fraction of sp³-hybridized carbons (Fsp3) is 0.625. The van der Waals surface area contributed by atoms with E-state index in [2.05, 4.69) is 76.8 Å². The van der Waals surface area contributed by atoms with Gasteiger partial charge in [-0.1, -0.05) is 51.1 Å². The fourth-order valence-electron chi connectivity index (χ4n) is 1.91. The Kier molecular flexibility index (Phi) is 4.37. The van der Waals surface area contributed by atoms with Crippen LogP contribution in [0, 0.1) is 5.41 Å². The summed E-state index contributed by atoms with van der Waals surface area (Å²) in [5, 5.41) is 0. The number of hydrogen-bond acceptors (Lipinski definition) is 1. The van der Waals surface area contributed by atoms with Gasteiger partial charge < -0.3 is 0 Å². The molecule has 0 aliphatic carbocycles. The van der Waals surface area contributed by atoms with Crippen molar-refractivity contribution in [3.8, 4) is 0 Å². The van der Waals surface area contributed by atoms with E-state index in [4.69, 9.17) is 0 Å². The molecule has 1 heteroatoms. The molecular formula is C16H27N. The zero-order valence-corrected chi connectivity index (χ0v) is 12.2. The Morgan fingerprint density at radius 1 is 0.882 bits per heavy atom. The Labute approximate surface area is 107 Å². The van der Waals surface area contributed by atoms with E-state index in [-0.39, 0.29) is 5.54 Å². The quantitative estimate of drug-likeness (QED) is 0.751. The fourth-order valence-corrected chi connectivity index (χ4v) is 1.91. The summed E-state index contributed by atoms with van der Waals surface area (Å²) in [5.74, 6) is 0. The van der Waals surface area contributed by atoms with Crippen molar-refractivity contribution in [3.63, 3.8) is 0 Å². The summed E-state index contributed by atoms with van der Waals surface area (Å²) in [6.07, 6.45) is 0. The molecule has 0 atom stereocenters. The molecule has 0 bridgehead atoms. The second-order valence-corrected chi connectivity index (χ2v) is 7.07. The van der Waals surface area contributed by atoms with Gasteiger partial charge in [0.15, 0.2) is 0 Å². The maximum absolute atomic E-state index is 2.56. The molecule has 1 rings (SSSR count). The van der Waals surface area contributed by atoms with Crippen LogP contribution in [0.2, 0.25) is 0 Å². The van der Waals surface area contributed by atoms with Gasteiger partial charge in [0, 0.05) is 18.6 Å². The Morgan fingerprint density at radius 3 is 1.82 bits per heavy atom. The highest BCUT2D eigenvalue weighted by Crippen LogP contribution is 2.24. The van der Waals surface area contributed by atoms with Gasteiger partial charge in [-0.05, 0) is 31.7 Å². The van der Waals surface area contributed by atoms with Gasteiger partial charge in [-0.15, -0.1) is 0 Å². The highest BCUT2D eigenvalue weighted by Gasteiger charge is 2.25. The van der Waals surface area contributed by atoms with Gasteiger partial charge in [0.2, 0.25) is 0 Å². The monoisotopic (exact) mass is 233 g/mol. The third-order valence-corrected chi connectivity index (χ3v) is 2.83. The first kappa shape index (κ1) is 14.2. The third kappa shape index (κ3) is 5.36. The van der Waals surface area contributed by atoms with Crippen LogP contribution in [0.3, 0.4) is 0 Å². The molecule has 1 nitrogen and oxygen atoms in total. The van der Waals surface area contributed by atoms with Crippen LogP contribution in [0.5, 0.6) is 0 Å². The van der Waals surface area contributed by atoms with Crippen LogP contribution in [0.15, 0.2) is 30.3 Å². The highest BCUT2D eigenvalue weighted by molar-refractivity contribution is 5.14. The van der Waals surface area contributed by atoms with Gasteiger partial charge in [0.05, 0.1) is 0 Å². The summed E-state index contributed by atoms with van der Waals surface area (Å²) in [7, 11) is 0. The summed E-state index contributed by atoms with van der Waals surface area (Å²) < 4.78 is 0. The predicted molar refractivity (Wildman–Crippen MR) is 76.1 cm³/mol. The lowest BCUT2D eigenvalue weighted by Gasteiger charge is -2.40. The van der Waals surface area contributed by atoms with Gasteiger partial charge >= 0.3 is 0 Å². The van der Waals surface area contributed by atoms with Crippen molar-refractivity contribution >= 4 is 0 Å². The molecule has 0 radical (unpaired) electrons. The number of nitrogens with zero attached hydrogens (tertiary/aromatic N) is 1. The van der Waals surface area contributed by atoms with Crippen molar-refractivity contribution in [2.45, 2.75) is 53.6 Å². The maximum Gasteiger partial charge on any atom is 0.0239 e. The molecule has 0 saturated heterocycles. The van der Waals surface area contributed by atoms with Crippen molar-refractivity contribution in [1.29, 1.82) is 0 Å². The minimum Gasteiger partial charge on any atom is -0.294 e. The van der Waals surface area contributed by atoms with E-state index in [0.717, 1.165) is 13.1 Å².